The van der Waals surface area contributed by atoms with E-state index in [0.29, 0.717) is 17.6 Å². The summed E-state index contributed by atoms with van der Waals surface area (Å²) >= 11 is 6.35. The molecule has 4 aromatic rings. The number of nitrogens with zero attached hydrogens (tertiary/aromatic N) is 5. The highest BCUT2D eigenvalue weighted by atomic mass is 35.5. The monoisotopic (exact) mass is 639 g/mol. The third-order valence-corrected chi connectivity index (χ3v) is 7.03. The molecular weight excluding hydrogens is 602 g/mol. The quantitative estimate of drug-likeness (QED) is 0.169. The highest BCUT2D eigenvalue weighted by Crippen LogP contribution is 2.31. The lowest BCUT2D eigenvalue weighted by molar-refractivity contribution is 0.0704. The summed E-state index contributed by atoms with van der Waals surface area (Å²) in [6, 6.07) is 6.21. The molecule has 0 fully saturated rings. The van der Waals surface area contributed by atoms with E-state index in [2.05, 4.69) is 32.7 Å². The normalized spacial score (nSPS) is 11.2. The number of pyridine rings is 1. The predicted molar refractivity (Wildman–Crippen MR) is 170 cm³/mol. The molecule has 0 aliphatic carbocycles. The van der Waals surface area contributed by atoms with Gasteiger partial charge in [0.25, 0.3) is 11.8 Å². The molecule has 0 atom stereocenters. The van der Waals surface area contributed by atoms with Crippen LogP contribution in [-0.2, 0) is 9.47 Å². The first kappa shape index (κ1) is 33.4. The van der Waals surface area contributed by atoms with Crippen molar-refractivity contribution in [3.63, 3.8) is 0 Å². The van der Waals surface area contributed by atoms with Crippen molar-refractivity contribution in [1.82, 2.24) is 29.9 Å². The number of hydrogen-bond donors (Lipinski definition) is 2. The third-order valence-electron chi connectivity index (χ3n) is 6.73. The van der Waals surface area contributed by atoms with Gasteiger partial charge in [0, 0.05) is 36.5 Å². The zero-order valence-corrected chi connectivity index (χ0v) is 26.8. The minimum absolute atomic E-state index is 0.0568. The number of nitrogens with one attached hydrogen (secondary N) is 2. The molecule has 3 heterocycles. The molecule has 0 bridgehead atoms. The van der Waals surface area contributed by atoms with Crippen LogP contribution >= 0.6 is 11.6 Å². The lowest BCUT2D eigenvalue weighted by Crippen LogP contribution is -2.31. The fraction of sp³-hybridized carbons (Fsp3) is 0.419. The molecule has 14 heteroatoms. The summed E-state index contributed by atoms with van der Waals surface area (Å²) in [6.07, 6.45) is 6.64. The van der Waals surface area contributed by atoms with Gasteiger partial charge in [-0.15, -0.1) is 5.10 Å². The standard InChI is InChI=1S/C31H38ClN7O6/c1-6-7-8-9-13-44-14-15-45-31(42)38-18-21-16-20(4)26(25(27(21)37-38)30(41)34-19(2)3)35-29(40)23-17-24(43-5)36-39(23)28-22(32)11-10-12-33-28/h10-12,16-19H,6-9,13-15H2,1-5H3,(H,34,41)(H,35,40). The van der Waals surface area contributed by atoms with E-state index in [9.17, 15) is 14.4 Å². The second-order valence-corrected chi connectivity index (χ2v) is 11.0. The first-order valence-corrected chi connectivity index (χ1v) is 15.2. The Hall–Kier alpha value is -4.49. The molecule has 0 aliphatic heterocycles. The number of carbonyl (C=O) groups excluding carboxylic acids is 3. The molecule has 0 unspecified atom stereocenters. The van der Waals surface area contributed by atoms with Crippen LogP contribution < -0.4 is 15.4 Å². The summed E-state index contributed by atoms with van der Waals surface area (Å²) in [4.78, 5) is 44.4. The number of aryl methyl sites for hydroxylation is 1. The van der Waals surface area contributed by atoms with E-state index in [1.807, 2.05) is 13.8 Å². The Morgan fingerprint density at radius 3 is 2.56 bits per heavy atom. The first-order valence-electron chi connectivity index (χ1n) is 14.8. The molecule has 0 spiro atoms. The van der Waals surface area contributed by atoms with Crippen molar-refractivity contribution in [3.05, 3.63) is 58.5 Å². The number of amides is 2. The average molecular weight is 640 g/mol. The summed E-state index contributed by atoms with van der Waals surface area (Å²) in [5, 5.41) is 15.2. The molecule has 1 aromatic carbocycles. The Morgan fingerprint density at radius 1 is 1.04 bits per heavy atom. The Labute approximate surface area is 266 Å². The second kappa shape index (κ2) is 15.5. The van der Waals surface area contributed by atoms with Crippen molar-refractivity contribution in [3.8, 4) is 11.7 Å². The average Bonchev–Trinajstić information content (AvgIpc) is 3.63. The topological polar surface area (TPSA) is 151 Å². The van der Waals surface area contributed by atoms with Crippen molar-refractivity contribution in [2.24, 2.45) is 0 Å². The van der Waals surface area contributed by atoms with Gasteiger partial charge in [0.15, 0.2) is 5.82 Å². The van der Waals surface area contributed by atoms with Crippen molar-refractivity contribution in [2.75, 3.05) is 32.2 Å². The van der Waals surface area contributed by atoms with Crippen LogP contribution in [0.4, 0.5) is 10.5 Å². The lowest BCUT2D eigenvalue weighted by Gasteiger charge is -2.16. The zero-order chi connectivity index (χ0) is 32.5. The fourth-order valence-electron chi connectivity index (χ4n) is 4.60. The fourth-order valence-corrected chi connectivity index (χ4v) is 4.80. The predicted octanol–water partition coefficient (Wildman–Crippen LogP) is 5.56. The maximum atomic E-state index is 13.8. The Morgan fingerprint density at radius 2 is 1.84 bits per heavy atom. The Balaban J connectivity index is 1.63. The summed E-state index contributed by atoms with van der Waals surface area (Å²) in [5.74, 6) is -0.715. The van der Waals surface area contributed by atoms with Crippen LogP contribution in [0.15, 0.2) is 36.7 Å². The molecule has 2 N–H and O–H groups in total. The summed E-state index contributed by atoms with van der Waals surface area (Å²) in [5.41, 5.74) is 1.12. The van der Waals surface area contributed by atoms with Crippen LogP contribution in [0.25, 0.3) is 16.7 Å². The number of unbranched alkanes of at least 4 members (excludes halogenated alkanes) is 3. The maximum Gasteiger partial charge on any atom is 0.434 e. The van der Waals surface area contributed by atoms with Crippen LogP contribution in [0.2, 0.25) is 5.02 Å². The van der Waals surface area contributed by atoms with Crippen LogP contribution in [0.1, 0.15) is 72.9 Å². The van der Waals surface area contributed by atoms with Gasteiger partial charge in [-0.3, -0.25) is 9.59 Å². The lowest BCUT2D eigenvalue weighted by atomic mass is 10.0. The van der Waals surface area contributed by atoms with Crippen LogP contribution in [-0.4, -0.2) is 75.4 Å². The molecule has 2 amide bonds. The minimum Gasteiger partial charge on any atom is -0.480 e. The second-order valence-electron chi connectivity index (χ2n) is 10.6. The largest absolute Gasteiger partial charge is 0.480 e. The molecule has 45 heavy (non-hydrogen) atoms. The number of rotatable bonds is 14. The van der Waals surface area contributed by atoms with Gasteiger partial charge in [-0.05, 0) is 51.0 Å². The number of benzene rings is 1. The van der Waals surface area contributed by atoms with E-state index in [-0.39, 0.29) is 58.4 Å². The SMILES string of the molecule is CCCCCCOCCOC(=O)n1cc2cc(C)c(NC(=O)c3cc(OC)nn3-c3ncccc3Cl)c(C(=O)NC(C)C)c2n1. The number of ether oxygens (including phenoxy) is 3. The molecule has 0 aliphatic rings. The van der Waals surface area contributed by atoms with Crippen molar-refractivity contribution in [1.29, 1.82) is 0 Å². The molecule has 240 valence electrons. The number of halogens is 1. The van der Waals surface area contributed by atoms with Gasteiger partial charge in [0.05, 0.1) is 30.0 Å². The minimum atomic E-state index is -0.720. The maximum absolute atomic E-state index is 13.8. The number of hydrogen-bond acceptors (Lipinski definition) is 9. The summed E-state index contributed by atoms with van der Waals surface area (Å²) in [7, 11) is 1.42. The van der Waals surface area contributed by atoms with Gasteiger partial charge < -0.3 is 24.8 Å². The number of methoxy groups -OCH3 is 1. The summed E-state index contributed by atoms with van der Waals surface area (Å²) < 4.78 is 18.4. The van der Waals surface area contributed by atoms with E-state index in [1.165, 1.54) is 30.3 Å². The van der Waals surface area contributed by atoms with Crippen molar-refractivity contribution >= 4 is 46.1 Å². The smallest absolute Gasteiger partial charge is 0.434 e. The molecule has 13 nitrogen and oxygen atoms in total. The van der Waals surface area contributed by atoms with Gasteiger partial charge >= 0.3 is 6.09 Å². The molecule has 0 radical (unpaired) electrons. The van der Waals surface area contributed by atoms with Crippen LogP contribution in [0.3, 0.4) is 0 Å². The van der Waals surface area contributed by atoms with Gasteiger partial charge in [-0.1, -0.05) is 37.8 Å². The van der Waals surface area contributed by atoms with E-state index in [0.717, 1.165) is 30.4 Å². The summed E-state index contributed by atoms with van der Waals surface area (Å²) in [6.45, 7) is 8.43. The van der Waals surface area contributed by atoms with Crippen molar-refractivity contribution < 1.29 is 28.6 Å². The van der Waals surface area contributed by atoms with Crippen molar-refractivity contribution in [2.45, 2.75) is 59.4 Å². The zero-order valence-electron chi connectivity index (χ0n) is 26.1. The molecule has 3 aromatic heterocycles. The van der Waals surface area contributed by atoms with Crippen LogP contribution in [0.5, 0.6) is 5.88 Å². The van der Waals surface area contributed by atoms with Gasteiger partial charge in [-0.2, -0.15) is 9.78 Å². The Kier molecular flexibility index (Phi) is 11.5. The Bertz CT molecular complexity index is 1670. The van der Waals surface area contributed by atoms with Crippen LogP contribution in [0, 0.1) is 6.92 Å². The van der Waals surface area contributed by atoms with E-state index < -0.39 is 17.9 Å². The number of aromatic nitrogens is 5. The van der Waals surface area contributed by atoms with Gasteiger partial charge in [0.1, 0.15) is 17.8 Å². The number of anilines is 1. The van der Waals surface area contributed by atoms with E-state index in [4.69, 9.17) is 25.8 Å². The highest BCUT2D eigenvalue weighted by molar-refractivity contribution is 6.32. The third kappa shape index (κ3) is 8.17. The molecular formula is C31H38ClN7O6. The first-order chi connectivity index (χ1) is 21.6. The number of carbonyl (C=O) groups is 3. The molecule has 0 saturated carbocycles. The number of fused-ring (bicyclic) bond motifs is 1. The van der Waals surface area contributed by atoms with Gasteiger partial charge in [-0.25, -0.2) is 14.5 Å². The van der Waals surface area contributed by atoms with E-state index >= 15 is 0 Å². The molecule has 0 saturated heterocycles. The highest BCUT2D eigenvalue weighted by Gasteiger charge is 2.26. The van der Waals surface area contributed by atoms with Gasteiger partial charge in [0.2, 0.25) is 5.88 Å². The van der Waals surface area contributed by atoms with E-state index in [1.54, 1.807) is 25.1 Å². The molecule has 4 rings (SSSR count).